The van der Waals surface area contributed by atoms with E-state index in [1.807, 2.05) is 15.9 Å². The Hall–Kier alpha value is -1.93. The first-order valence-electron chi connectivity index (χ1n) is 11.4. The fourth-order valence-electron chi connectivity index (χ4n) is 4.38. The van der Waals surface area contributed by atoms with Gasteiger partial charge in [-0.25, -0.2) is 0 Å². The molecular weight excluding hydrogens is 424 g/mol. The maximum Gasteiger partial charge on any atom is 0.237 e. The van der Waals surface area contributed by atoms with E-state index in [0.717, 1.165) is 30.7 Å². The Morgan fingerprint density at radius 1 is 1.34 bits per heavy atom. The molecule has 0 radical (unpaired) electrons. The molecule has 6 nitrogen and oxygen atoms in total. The molecule has 2 atom stereocenters. The molecule has 1 amide bonds. The number of aliphatic hydroxyl groups is 1. The molecule has 2 heterocycles. The molecule has 0 unspecified atom stereocenters. The second-order valence-electron chi connectivity index (χ2n) is 8.58. The summed E-state index contributed by atoms with van der Waals surface area (Å²) in [5.74, 6) is 0.940. The Kier molecular flexibility index (Phi) is 9.11. The summed E-state index contributed by atoms with van der Waals surface area (Å²) in [5.41, 5.74) is 3.50. The van der Waals surface area contributed by atoms with Crippen LogP contribution in [0.3, 0.4) is 0 Å². The molecule has 0 spiro atoms. The summed E-state index contributed by atoms with van der Waals surface area (Å²) < 4.78 is 11.3. The average Bonchev–Trinajstić information content (AvgIpc) is 3.22. The van der Waals surface area contributed by atoms with Gasteiger partial charge in [0.1, 0.15) is 12.4 Å². The quantitative estimate of drug-likeness (QED) is 0.555. The van der Waals surface area contributed by atoms with E-state index < -0.39 is 6.10 Å². The number of hydrogen-bond donors (Lipinski definition) is 1. The molecule has 1 aromatic carbocycles. The van der Waals surface area contributed by atoms with Crippen molar-refractivity contribution in [3.05, 3.63) is 51.2 Å². The lowest BCUT2D eigenvalue weighted by atomic mass is 10.00. The smallest absolute Gasteiger partial charge is 0.237 e. The predicted molar refractivity (Wildman–Crippen MR) is 129 cm³/mol. The van der Waals surface area contributed by atoms with Crippen molar-refractivity contribution in [2.24, 2.45) is 0 Å². The molecule has 176 valence electrons. The highest BCUT2D eigenvalue weighted by atomic mass is 32.1. The first kappa shape index (κ1) is 24.7. The van der Waals surface area contributed by atoms with Crippen molar-refractivity contribution in [1.29, 1.82) is 0 Å². The van der Waals surface area contributed by atoms with Gasteiger partial charge in [0.05, 0.1) is 25.3 Å². The minimum Gasteiger partial charge on any atom is -0.491 e. The Balaban J connectivity index is 1.73. The van der Waals surface area contributed by atoms with Gasteiger partial charge in [-0.05, 0) is 61.9 Å². The van der Waals surface area contributed by atoms with Gasteiger partial charge in [0.25, 0.3) is 0 Å². The molecule has 0 fully saturated rings. The zero-order chi connectivity index (χ0) is 23.1. The van der Waals surface area contributed by atoms with Crippen LogP contribution < -0.4 is 4.74 Å². The van der Waals surface area contributed by atoms with Crippen LogP contribution in [0.1, 0.15) is 41.0 Å². The van der Waals surface area contributed by atoms with E-state index in [-0.39, 0.29) is 25.1 Å². The number of amides is 1. The van der Waals surface area contributed by atoms with Crippen LogP contribution in [0.2, 0.25) is 0 Å². The Labute approximate surface area is 195 Å². The summed E-state index contributed by atoms with van der Waals surface area (Å²) in [4.78, 5) is 18.7. The van der Waals surface area contributed by atoms with Gasteiger partial charge in [-0.1, -0.05) is 24.6 Å². The zero-order valence-corrected chi connectivity index (χ0v) is 20.5. The van der Waals surface area contributed by atoms with Gasteiger partial charge in [-0.2, -0.15) is 0 Å². The second-order valence-corrected chi connectivity index (χ2v) is 9.58. The molecule has 3 rings (SSSR count). The number of rotatable bonds is 11. The lowest BCUT2D eigenvalue weighted by Crippen LogP contribution is -2.48. The molecule has 1 aromatic heterocycles. The fourth-order valence-corrected chi connectivity index (χ4v) is 5.31. The number of aryl methyl sites for hydroxylation is 2. The molecule has 2 aromatic rings. The highest BCUT2D eigenvalue weighted by Crippen LogP contribution is 2.34. The standard InChI is InChI=1S/C25H36N2O4S/c1-5-10-26(14-20(28)16-30-4)15-25(29)27-11-8-24-21(9-12-32-24)22(27)17-31-23-7-6-18(2)13-19(23)3/h6-7,9,12-13,20,22,28H,5,8,10-11,14-17H2,1-4H3/t20-,22+/m1/s1. The zero-order valence-electron chi connectivity index (χ0n) is 19.7. The minimum atomic E-state index is -0.604. The predicted octanol–water partition coefficient (Wildman–Crippen LogP) is 3.59. The molecule has 0 saturated heterocycles. The van der Waals surface area contributed by atoms with Crippen LogP contribution in [0, 0.1) is 13.8 Å². The van der Waals surface area contributed by atoms with Gasteiger partial charge in [0.15, 0.2) is 0 Å². The second kappa shape index (κ2) is 11.8. The van der Waals surface area contributed by atoms with Crippen LogP contribution in [0.5, 0.6) is 5.75 Å². The number of carbonyl (C=O) groups excluding carboxylic acids is 1. The van der Waals surface area contributed by atoms with E-state index in [4.69, 9.17) is 9.47 Å². The summed E-state index contributed by atoms with van der Waals surface area (Å²) in [6, 6.07) is 8.19. The molecule has 1 aliphatic rings. The number of aliphatic hydroxyl groups excluding tert-OH is 1. The normalized spacial score (nSPS) is 16.8. The van der Waals surface area contributed by atoms with Crippen molar-refractivity contribution in [2.75, 3.05) is 46.5 Å². The number of hydrogen-bond acceptors (Lipinski definition) is 6. The Morgan fingerprint density at radius 3 is 2.88 bits per heavy atom. The van der Waals surface area contributed by atoms with Gasteiger partial charge < -0.3 is 19.5 Å². The number of fused-ring (bicyclic) bond motifs is 1. The number of benzene rings is 1. The van der Waals surface area contributed by atoms with E-state index in [9.17, 15) is 9.90 Å². The first-order valence-corrected chi connectivity index (χ1v) is 12.3. The SMILES string of the molecule is CCCN(CC(=O)N1CCc2sccc2[C@@H]1COc1ccc(C)cc1C)C[C@@H](O)COC. The molecule has 1 N–H and O–H groups in total. The molecule has 32 heavy (non-hydrogen) atoms. The monoisotopic (exact) mass is 460 g/mol. The largest absolute Gasteiger partial charge is 0.491 e. The number of nitrogens with zero attached hydrogens (tertiary/aromatic N) is 2. The third kappa shape index (κ3) is 6.32. The van der Waals surface area contributed by atoms with E-state index >= 15 is 0 Å². The van der Waals surface area contributed by atoms with Crippen LogP contribution in [0.15, 0.2) is 29.6 Å². The van der Waals surface area contributed by atoms with Crippen molar-refractivity contribution in [2.45, 2.75) is 45.8 Å². The summed E-state index contributed by atoms with van der Waals surface area (Å²) in [6.45, 7) is 9.06. The topological polar surface area (TPSA) is 62.2 Å². The molecule has 0 bridgehead atoms. The van der Waals surface area contributed by atoms with Crippen molar-refractivity contribution in [3.63, 3.8) is 0 Å². The molecule has 0 aliphatic carbocycles. The summed E-state index contributed by atoms with van der Waals surface area (Å²) in [5, 5.41) is 12.3. The van der Waals surface area contributed by atoms with E-state index in [1.165, 1.54) is 16.0 Å². The van der Waals surface area contributed by atoms with E-state index in [2.05, 4.69) is 44.4 Å². The van der Waals surface area contributed by atoms with Crippen molar-refractivity contribution in [1.82, 2.24) is 9.80 Å². The number of methoxy groups -OCH3 is 1. The minimum absolute atomic E-state index is 0.0779. The number of carbonyl (C=O) groups is 1. The third-order valence-electron chi connectivity index (χ3n) is 5.87. The summed E-state index contributed by atoms with van der Waals surface area (Å²) >= 11 is 1.75. The number of thiophene rings is 1. The molecule has 1 aliphatic heterocycles. The van der Waals surface area contributed by atoms with Crippen LogP contribution in [-0.2, 0) is 16.0 Å². The average molecular weight is 461 g/mol. The van der Waals surface area contributed by atoms with Gasteiger partial charge in [0, 0.05) is 25.1 Å². The van der Waals surface area contributed by atoms with E-state index in [0.29, 0.717) is 19.7 Å². The molecule has 0 saturated carbocycles. The van der Waals surface area contributed by atoms with Crippen molar-refractivity contribution in [3.8, 4) is 5.75 Å². The Morgan fingerprint density at radius 2 is 2.16 bits per heavy atom. The number of ether oxygens (including phenoxy) is 2. The molecule has 7 heteroatoms. The maximum atomic E-state index is 13.4. The van der Waals surface area contributed by atoms with Crippen molar-refractivity contribution >= 4 is 17.2 Å². The van der Waals surface area contributed by atoms with Crippen molar-refractivity contribution < 1.29 is 19.4 Å². The van der Waals surface area contributed by atoms with Gasteiger partial charge in [-0.15, -0.1) is 11.3 Å². The maximum absolute atomic E-state index is 13.4. The fraction of sp³-hybridized carbons (Fsp3) is 0.560. The summed E-state index contributed by atoms with van der Waals surface area (Å²) in [7, 11) is 1.57. The lowest BCUT2D eigenvalue weighted by Gasteiger charge is -2.37. The van der Waals surface area contributed by atoms with Gasteiger partial charge >= 0.3 is 0 Å². The van der Waals surface area contributed by atoms with E-state index in [1.54, 1.807) is 18.4 Å². The van der Waals surface area contributed by atoms with Crippen LogP contribution in [0.25, 0.3) is 0 Å². The molecular formula is C25H36N2O4S. The third-order valence-corrected chi connectivity index (χ3v) is 6.87. The van der Waals surface area contributed by atoms with Crippen LogP contribution >= 0.6 is 11.3 Å². The highest BCUT2D eigenvalue weighted by molar-refractivity contribution is 7.10. The van der Waals surface area contributed by atoms with Crippen LogP contribution in [0.4, 0.5) is 0 Å². The van der Waals surface area contributed by atoms with Gasteiger partial charge in [-0.3, -0.25) is 9.69 Å². The highest BCUT2D eigenvalue weighted by Gasteiger charge is 2.33. The lowest BCUT2D eigenvalue weighted by molar-refractivity contribution is -0.136. The van der Waals surface area contributed by atoms with Gasteiger partial charge in [0.2, 0.25) is 5.91 Å². The van der Waals surface area contributed by atoms with Crippen LogP contribution in [-0.4, -0.2) is 73.4 Å². The summed E-state index contributed by atoms with van der Waals surface area (Å²) in [6.07, 6.45) is 1.19. The Bertz CT molecular complexity index is 885. The first-order chi connectivity index (χ1) is 15.4.